The van der Waals surface area contributed by atoms with E-state index in [0.29, 0.717) is 33.7 Å². The topological polar surface area (TPSA) is 67.9 Å². The average Bonchev–Trinajstić information content (AvgIpc) is 3.26. The van der Waals surface area contributed by atoms with Crippen LogP contribution in [-0.4, -0.2) is 28.9 Å². The summed E-state index contributed by atoms with van der Waals surface area (Å²) >= 11 is 7.41. The van der Waals surface area contributed by atoms with E-state index >= 15 is 0 Å². The van der Waals surface area contributed by atoms with Gasteiger partial charge in [-0.1, -0.05) is 85.7 Å². The van der Waals surface area contributed by atoms with Gasteiger partial charge in [0.1, 0.15) is 12.4 Å². The van der Waals surface area contributed by atoms with Crippen molar-refractivity contribution >= 4 is 41.3 Å². The molecule has 0 radical (unpaired) electrons. The highest BCUT2D eigenvalue weighted by Crippen LogP contribution is 2.46. The van der Waals surface area contributed by atoms with Crippen LogP contribution in [0.3, 0.4) is 0 Å². The smallest absolute Gasteiger partial charge is 0.338 e. The van der Waals surface area contributed by atoms with Crippen LogP contribution in [-0.2, 0) is 20.9 Å². The second kappa shape index (κ2) is 12.5. The van der Waals surface area contributed by atoms with Gasteiger partial charge in [0.05, 0.1) is 23.1 Å². The van der Waals surface area contributed by atoms with Gasteiger partial charge in [0, 0.05) is 10.7 Å². The SMILES string of the molecule is CCOC(=O)C1=C(C)N[C@H]2S/C(=C\c3ccc(OCc4ccc(Cl)cc4)cc3)C(=O)N2[C@H]1c1ccc(C(C)C)cc1. The number of benzene rings is 3. The fraction of sp³-hybridized carbons (Fsp3) is 0.273. The summed E-state index contributed by atoms with van der Waals surface area (Å²) in [5, 5.41) is 4.06. The molecular weight excluding hydrogens is 556 g/mol. The summed E-state index contributed by atoms with van der Waals surface area (Å²) in [4.78, 5) is 29.4. The summed E-state index contributed by atoms with van der Waals surface area (Å²) in [7, 11) is 0. The molecule has 2 aliphatic heterocycles. The Balaban J connectivity index is 1.39. The lowest BCUT2D eigenvalue weighted by atomic mass is 9.91. The number of hydrogen-bond donors (Lipinski definition) is 1. The van der Waals surface area contributed by atoms with Crippen molar-refractivity contribution in [2.24, 2.45) is 0 Å². The standard InChI is InChI=1S/C33H33ClN2O4S/c1-5-39-32(38)29-21(4)35-33-36(30(29)25-12-10-24(11-13-25)20(2)3)31(37)28(41-33)18-22-8-16-27(17-9-22)40-19-23-6-14-26(34)15-7-23/h6-18,20,30,33,35H,5,19H2,1-4H3/b28-18-/t30-,33+/m0/s1. The molecule has 2 atom stereocenters. The third kappa shape index (κ3) is 6.31. The molecule has 0 unspecified atom stereocenters. The highest BCUT2D eigenvalue weighted by molar-refractivity contribution is 8.05. The van der Waals surface area contributed by atoms with Crippen LogP contribution in [0.15, 0.2) is 89.0 Å². The van der Waals surface area contributed by atoms with Crippen molar-refractivity contribution in [2.75, 3.05) is 6.61 Å². The van der Waals surface area contributed by atoms with Crippen molar-refractivity contribution < 1.29 is 19.1 Å². The maximum atomic E-state index is 13.9. The fourth-order valence-corrected chi connectivity index (χ4v) is 6.28. The number of esters is 1. The molecular formula is C33H33ClN2O4S. The summed E-state index contributed by atoms with van der Waals surface area (Å²) < 4.78 is 11.3. The Bertz CT molecular complexity index is 1480. The Morgan fingerprint density at radius 2 is 1.73 bits per heavy atom. The minimum Gasteiger partial charge on any atom is -0.489 e. The first-order chi connectivity index (χ1) is 19.7. The monoisotopic (exact) mass is 588 g/mol. The molecule has 2 heterocycles. The lowest BCUT2D eigenvalue weighted by molar-refractivity contribution is -0.140. The van der Waals surface area contributed by atoms with Gasteiger partial charge < -0.3 is 14.8 Å². The number of fused-ring (bicyclic) bond motifs is 1. The predicted octanol–water partition coefficient (Wildman–Crippen LogP) is 7.42. The van der Waals surface area contributed by atoms with Crippen molar-refractivity contribution in [1.82, 2.24) is 10.2 Å². The Morgan fingerprint density at radius 1 is 1.05 bits per heavy atom. The molecule has 2 aliphatic rings. The van der Waals surface area contributed by atoms with Crippen LogP contribution in [0.1, 0.15) is 61.9 Å². The van der Waals surface area contributed by atoms with Crippen LogP contribution in [0.25, 0.3) is 6.08 Å². The van der Waals surface area contributed by atoms with Crippen molar-refractivity contribution in [3.63, 3.8) is 0 Å². The maximum Gasteiger partial charge on any atom is 0.338 e. The molecule has 3 aromatic rings. The van der Waals surface area contributed by atoms with Gasteiger partial charge in [-0.15, -0.1) is 0 Å². The molecule has 212 valence electrons. The van der Waals surface area contributed by atoms with E-state index in [1.807, 2.05) is 73.7 Å². The molecule has 0 aromatic heterocycles. The number of allylic oxidation sites excluding steroid dienone is 1. The zero-order valence-electron chi connectivity index (χ0n) is 23.5. The molecule has 0 spiro atoms. The molecule has 0 aliphatic carbocycles. The number of amides is 1. The van der Waals surface area contributed by atoms with Gasteiger partial charge in [0.2, 0.25) is 0 Å². The number of ether oxygens (including phenoxy) is 2. The summed E-state index contributed by atoms with van der Waals surface area (Å²) in [6.45, 7) is 8.62. The summed E-state index contributed by atoms with van der Waals surface area (Å²) in [6, 6.07) is 22.8. The second-order valence-electron chi connectivity index (χ2n) is 10.3. The van der Waals surface area contributed by atoms with Crippen molar-refractivity contribution in [2.45, 2.75) is 51.8 Å². The molecule has 3 aromatic carbocycles. The van der Waals surface area contributed by atoms with Gasteiger partial charge in [-0.2, -0.15) is 0 Å². The van der Waals surface area contributed by atoms with Crippen LogP contribution in [0, 0.1) is 0 Å². The predicted molar refractivity (Wildman–Crippen MR) is 164 cm³/mol. The van der Waals surface area contributed by atoms with Gasteiger partial charge >= 0.3 is 5.97 Å². The van der Waals surface area contributed by atoms with Crippen LogP contribution in [0.4, 0.5) is 0 Å². The van der Waals surface area contributed by atoms with E-state index in [1.165, 1.54) is 17.3 Å². The zero-order chi connectivity index (χ0) is 29.1. The molecule has 1 saturated heterocycles. The Kier molecular flexibility index (Phi) is 8.76. The largest absolute Gasteiger partial charge is 0.489 e. The van der Waals surface area contributed by atoms with Crippen LogP contribution < -0.4 is 10.1 Å². The third-order valence-corrected chi connectivity index (χ3v) is 8.51. The normalized spacial score (nSPS) is 19.4. The molecule has 5 rings (SSSR count). The summed E-state index contributed by atoms with van der Waals surface area (Å²) in [6.07, 6.45) is 1.88. The highest BCUT2D eigenvalue weighted by atomic mass is 35.5. The van der Waals surface area contributed by atoms with Crippen LogP contribution >= 0.6 is 23.4 Å². The lowest BCUT2D eigenvalue weighted by Crippen LogP contribution is -2.49. The number of carbonyl (C=O) groups excluding carboxylic acids is 2. The Morgan fingerprint density at radius 3 is 2.37 bits per heavy atom. The summed E-state index contributed by atoms with van der Waals surface area (Å²) in [5.41, 5.74) is 4.80. The van der Waals surface area contributed by atoms with Gasteiger partial charge in [0.25, 0.3) is 5.91 Å². The first kappa shape index (κ1) is 28.8. The molecule has 1 N–H and O–H groups in total. The first-order valence-electron chi connectivity index (χ1n) is 13.7. The fourth-order valence-electron chi connectivity index (χ4n) is 4.94. The third-order valence-electron chi connectivity index (χ3n) is 7.14. The second-order valence-corrected chi connectivity index (χ2v) is 11.9. The zero-order valence-corrected chi connectivity index (χ0v) is 25.1. The Hall–Kier alpha value is -3.68. The molecule has 1 amide bonds. The van der Waals surface area contributed by atoms with Crippen molar-refractivity contribution in [3.05, 3.63) is 116 Å². The molecule has 6 nitrogen and oxygen atoms in total. The Labute approximate surface area is 250 Å². The number of thioether (sulfide) groups is 1. The van der Waals surface area contributed by atoms with E-state index in [2.05, 4.69) is 31.3 Å². The molecule has 0 bridgehead atoms. The van der Waals surface area contributed by atoms with Gasteiger partial charge in [0.15, 0.2) is 5.50 Å². The van der Waals surface area contributed by atoms with E-state index in [9.17, 15) is 9.59 Å². The van der Waals surface area contributed by atoms with Gasteiger partial charge in [-0.05, 0) is 72.4 Å². The number of nitrogens with one attached hydrogen (secondary N) is 1. The number of hydrogen-bond acceptors (Lipinski definition) is 6. The van der Waals surface area contributed by atoms with E-state index in [-0.39, 0.29) is 18.0 Å². The number of halogens is 1. The minimum atomic E-state index is -0.559. The minimum absolute atomic E-state index is 0.136. The van der Waals surface area contributed by atoms with Crippen molar-refractivity contribution in [1.29, 1.82) is 0 Å². The number of nitrogens with zero attached hydrogens (tertiary/aromatic N) is 1. The number of rotatable bonds is 8. The van der Waals surface area contributed by atoms with Crippen LogP contribution in [0.2, 0.25) is 5.02 Å². The summed E-state index contributed by atoms with van der Waals surface area (Å²) in [5.74, 6) is 0.552. The van der Waals surface area contributed by atoms with E-state index in [4.69, 9.17) is 21.1 Å². The van der Waals surface area contributed by atoms with E-state index in [1.54, 1.807) is 11.8 Å². The maximum absolute atomic E-state index is 13.9. The molecule has 1 fully saturated rings. The average molecular weight is 589 g/mol. The van der Waals surface area contributed by atoms with Crippen molar-refractivity contribution in [3.8, 4) is 5.75 Å². The quantitative estimate of drug-likeness (QED) is 0.218. The lowest BCUT2D eigenvalue weighted by Gasteiger charge is -2.39. The number of carbonyl (C=O) groups is 2. The molecule has 0 saturated carbocycles. The first-order valence-corrected chi connectivity index (χ1v) is 14.9. The highest BCUT2D eigenvalue weighted by Gasteiger charge is 2.47. The molecule has 8 heteroatoms. The van der Waals surface area contributed by atoms with E-state index in [0.717, 1.165) is 22.4 Å². The van der Waals surface area contributed by atoms with Crippen LogP contribution in [0.5, 0.6) is 5.75 Å². The molecule has 41 heavy (non-hydrogen) atoms. The van der Waals surface area contributed by atoms with Gasteiger partial charge in [-0.25, -0.2) is 4.79 Å². The van der Waals surface area contributed by atoms with Gasteiger partial charge in [-0.3, -0.25) is 9.69 Å². The van der Waals surface area contributed by atoms with E-state index < -0.39 is 12.0 Å².